The van der Waals surface area contributed by atoms with E-state index in [0.29, 0.717) is 5.75 Å². The van der Waals surface area contributed by atoms with Crippen LogP contribution in [-0.4, -0.2) is 62.5 Å². The van der Waals surface area contributed by atoms with Crippen molar-refractivity contribution in [2.24, 2.45) is 23.7 Å². The molecule has 2 aliphatic rings. The van der Waals surface area contributed by atoms with E-state index >= 15 is 0 Å². The number of hydrogen-bond acceptors (Lipinski definition) is 8. The fraction of sp³-hybridized carbons (Fsp3) is 0.407. The second-order valence-corrected chi connectivity index (χ2v) is 8.42. The predicted molar refractivity (Wildman–Crippen MR) is 131 cm³/mol. The highest BCUT2D eigenvalue weighted by atomic mass is 16.5. The minimum Gasteiger partial charge on any atom is -0.497 e. The van der Waals surface area contributed by atoms with Gasteiger partial charge in [0.15, 0.2) is 0 Å². The van der Waals surface area contributed by atoms with E-state index < -0.39 is 41.5 Å². The lowest BCUT2D eigenvalue weighted by Gasteiger charge is -2.02. The van der Waals surface area contributed by atoms with Crippen LogP contribution in [0.5, 0.6) is 11.5 Å². The number of rotatable bonds is 8. The van der Waals surface area contributed by atoms with Crippen LogP contribution in [0.4, 0.5) is 0 Å². The van der Waals surface area contributed by atoms with Crippen molar-refractivity contribution in [3.05, 3.63) is 59.7 Å². The van der Waals surface area contributed by atoms with E-state index in [0.717, 1.165) is 16.9 Å². The first-order valence-electron chi connectivity index (χ1n) is 11.1. The van der Waals surface area contributed by atoms with E-state index in [9.17, 15) is 19.2 Å². The Bertz CT molecular complexity index is 1070. The Morgan fingerprint density at radius 1 is 0.568 bits per heavy atom. The van der Waals surface area contributed by atoms with Crippen molar-refractivity contribution in [3.8, 4) is 11.5 Å². The molecule has 0 aromatic heterocycles. The highest BCUT2D eigenvalue weighted by molar-refractivity contribution is 5.90. The molecule has 4 rings (SSSR count). The van der Waals surface area contributed by atoms with Crippen LogP contribution in [0.1, 0.15) is 30.4 Å². The van der Waals surface area contributed by atoms with Gasteiger partial charge in [-0.25, -0.2) is 0 Å². The van der Waals surface area contributed by atoms with Gasteiger partial charge in [0.25, 0.3) is 0 Å². The van der Waals surface area contributed by atoms with Gasteiger partial charge in [0.05, 0.1) is 52.1 Å². The molecule has 2 N–H and O–H groups in total. The van der Waals surface area contributed by atoms with Crippen molar-refractivity contribution < 1.29 is 48.3 Å². The van der Waals surface area contributed by atoms with Crippen molar-refractivity contribution in [2.45, 2.75) is 19.3 Å². The monoisotopic (exact) mass is 516 g/mol. The number of esters is 2. The Balaban J connectivity index is 0.000000255. The van der Waals surface area contributed by atoms with Crippen LogP contribution in [0.25, 0.3) is 0 Å². The fourth-order valence-corrected chi connectivity index (χ4v) is 4.58. The van der Waals surface area contributed by atoms with E-state index in [1.54, 1.807) is 43.5 Å². The molecule has 2 unspecified atom stereocenters. The minimum atomic E-state index is -1.06. The van der Waals surface area contributed by atoms with Crippen LogP contribution in [0.3, 0.4) is 0 Å². The zero-order valence-corrected chi connectivity index (χ0v) is 20.2. The van der Waals surface area contributed by atoms with Gasteiger partial charge in [-0.15, -0.1) is 0 Å². The minimum absolute atomic E-state index is 0. The van der Waals surface area contributed by atoms with Crippen molar-refractivity contribution in [3.63, 3.8) is 0 Å². The van der Waals surface area contributed by atoms with Gasteiger partial charge in [0.1, 0.15) is 11.5 Å². The van der Waals surface area contributed by atoms with Gasteiger partial charge in [0, 0.05) is 11.8 Å². The molecule has 0 radical (unpaired) electrons. The first-order valence-corrected chi connectivity index (χ1v) is 11.1. The van der Waals surface area contributed by atoms with E-state index in [2.05, 4.69) is 0 Å². The van der Waals surface area contributed by atoms with Gasteiger partial charge >= 0.3 is 23.9 Å². The number of carbonyl (C=O) groups is 4. The first kappa shape index (κ1) is 29.2. The zero-order valence-electron chi connectivity index (χ0n) is 20.2. The number of hydrogen-bond donors (Lipinski definition) is 2. The summed E-state index contributed by atoms with van der Waals surface area (Å²) in [5.41, 5.74) is 1.64. The maximum atomic E-state index is 11.7. The van der Waals surface area contributed by atoms with Gasteiger partial charge in [-0.2, -0.15) is 0 Å². The molecule has 0 bridgehead atoms. The van der Waals surface area contributed by atoms with Crippen molar-refractivity contribution >= 4 is 23.9 Å². The standard InChI is InChI=1S/C14H16O5.C12H12O5.CH4/c1-17-9-6-4-8(5-7-9)10-11(13(15)18-2)12(10)14(16)19-3;1-17-7-4-2-6(3-5-7)8-9(11(13)14)10(8)12(15)16;/h4-7,10-12H,1-3H3;2-5,8-10H,1H3,(H,13,14)(H,15,16);1H4/t10?,11-,12+;8?,9-,10+;. The maximum absolute atomic E-state index is 11.7. The van der Waals surface area contributed by atoms with Crippen LogP contribution in [0.15, 0.2) is 48.5 Å². The average molecular weight is 517 g/mol. The van der Waals surface area contributed by atoms with Crippen molar-refractivity contribution in [1.29, 1.82) is 0 Å². The normalized spacial score (nSPS) is 24.6. The molecule has 0 amide bonds. The number of methoxy groups -OCH3 is 4. The van der Waals surface area contributed by atoms with Crippen molar-refractivity contribution in [2.75, 3.05) is 28.4 Å². The number of carboxylic acids is 2. The molecule has 2 aliphatic carbocycles. The second-order valence-electron chi connectivity index (χ2n) is 8.42. The third-order valence-corrected chi connectivity index (χ3v) is 6.56. The lowest BCUT2D eigenvalue weighted by Crippen LogP contribution is -2.10. The smallest absolute Gasteiger partial charge is 0.310 e. The quantitative estimate of drug-likeness (QED) is 0.502. The average Bonchev–Trinajstić information content (AvgIpc) is 3.81. The molecule has 10 nitrogen and oxygen atoms in total. The molecule has 37 heavy (non-hydrogen) atoms. The molecular formula is C27H32O10. The molecule has 200 valence electrons. The Morgan fingerprint density at radius 3 is 1.11 bits per heavy atom. The van der Waals surface area contributed by atoms with Crippen LogP contribution in [-0.2, 0) is 28.7 Å². The van der Waals surface area contributed by atoms with E-state index in [-0.39, 0.29) is 25.3 Å². The number of aliphatic carboxylic acids is 2. The number of carbonyl (C=O) groups excluding carboxylic acids is 2. The summed E-state index contributed by atoms with van der Waals surface area (Å²) in [7, 11) is 5.76. The fourth-order valence-electron chi connectivity index (χ4n) is 4.58. The molecule has 0 heterocycles. The summed E-state index contributed by atoms with van der Waals surface area (Å²) < 4.78 is 19.5. The molecule has 0 saturated heterocycles. The van der Waals surface area contributed by atoms with Crippen LogP contribution in [0, 0.1) is 23.7 Å². The summed E-state index contributed by atoms with van der Waals surface area (Å²) in [5.74, 6) is -4.63. The number of benzene rings is 2. The SMILES string of the molecule is C.COC(=O)[C@@H]1C(c2ccc(OC)cc2)[C@@H]1C(=O)OC.COc1ccc(C2[C@@H](C(=O)O)[C@H]2C(=O)O)cc1. The largest absolute Gasteiger partial charge is 0.497 e. The van der Waals surface area contributed by atoms with Gasteiger partial charge in [-0.05, 0) is 35.4 Å². The Labute approximate surface area is 215 Å². The maximum Gasteiger partial charge on any atom is 0.310 e. The van der Waals surface area contributed by atoms with Gasteiger partial charge in [-0.1, -0.05) is 31.7 Å². The third kappa shape index (κ3) is 6.19. The van der Waals surface area contributed by atoms with Gasteiger partial charge < -0.3 is 29.2 Å². The topological polar surface area (TPSA) is 146 Å². The highest BCUT2D eigenvalue weighted by Gasteiger charge is 2.61. The van der Waals surface area contributed by atoms with Crippen LogP contribution < -0.4 is 9.47 Å². The summed E-state index contributed by atoms with van der Waals surface area (Å²) >= 11 is 0. The summed E-state index contributed by atoms with van der Waals surface area (Å²) in [6, 6.07) is 14.1. The number of ether oxygens (including phenoxy) is 4. The lowest BCUT2D eigenvalue weighted by molar-refractivity contribution is -0.148. The molecule has 0 aliphatic heterocycles. The molecule has 2 saturated carbocycles. The summed E-state index contributed by atoms with van der Waals surface area (Å²) in [6.45, 7) is 0. The summed E-state index contributed by atoms with van der Waals surface area (Å²) in [6.07, 6.45) is 0. The Hall–Kier alpha value is -4.08. The molecule has 6 atom stereocenters. The summed E-state index contributed by atoms with van der Waals surface area (Å²) in [4.78, 5) is 45.1. The molecule has 0 spiro atoms. The molecule has 2 fully saturated rings. The number of carboxylic acid groups (broad SMARTS) is 2. The Kier molecular flexibility index (Phi) is 9.65. The van der Waals surface area contributed by atoms with E-state index in [1.165, 1.54) is 21.3 Å². The van der Waals surface area contributed by atoms with Crippen LogP contribution >= 0.6 is 0 Å². The predicted octanol–water partition coefficient (Wildman–Crippen LogP) is 3.20. The molecular weight excluding hydrogens is 484 g/mol. The Morgan fingerprint density at radius 2 is 0.865 bits per heavy atom. The zero-order chi connectivity index (χ0) is 26.6. The van der Waals surface area contributed by atoms with Gasteiger partial charge in [0.2, 0.25) is 0 Å². The highest BCUT2D eigenvalue weighted by Crippen LogP contribution is 2.55. The molecule has 10 heteroatoms. The lowest BCUT2D eigenvalue weighted by atomic mass is 10.1. The van der Waals surface area contributed by atoms with Crippen molar-refractivity contribution in [1.82, 2.24) is 0 Å². The summed E-state index contributed by atoms with van der Waals surface area (Å²) in [5, 5.41) is 17.8. The van der Waals surface area contributed by atoms with Gasteiger partial charge in [-0.3, -0.25) is 19.2 Å². The molecule has 2 aromatic rings. The first-order chi connectivity index (χ1) is 17.2. The molecule has 2 aromatic carbocycles. The van der Waals surface area contributed by atoms with E-state index in [1.807, 2.05) is 12.1 Å². The van der Waals surface area contributed by atoms with E-state index in [4.69, 9.17) is 29.2 Å². The third-order valence-electron chi connectivity index (χ3n) is 6.56. The van der Waals surface area contributed by atoms with Crippen LogP contribution in [0.2, 0.25) is 0 Å². The second kappa shape index (κ2) is 12.2.